The van der Waals surface area contributed by atoms with Gasteiger partial charge in [0.2, 0.25) is 5.91 Å². The summed E-state index contributed by atoms with van der Waals surface area (Å²) in [6, 6.07) is 3.79. The summed E-state index contributed by atoms with van der Waals surface area (Å²) in [5.74, 6) is -0.622. The molecule has 14 nitrogen and oxygen atoms in total. The lowest BCUT2D eigenvalue weighted by atomic mass is 9.53. The summed E-state index contributed by atoms with van der Waals surface area (Å²) in [7, 11) is 3.80. The van der Waals surface area contributed by atoms with Gasteiger partial charge in [-0.2, -0.15) is 0 Å². The van der Waals surface area contributed by atoms with Crippen LogP contribution in [0.4, 0.5) is 4.79 Å². The fraction of sp³-hybridized carbons (Fsp3) is 0.629. The number of carbonyl (C=O) groups excluding carboxylic acids is 3. The smallest absolute Gasteiger partial charge is 0.415 e. The van der Waals surface area contributed by atoms with Crippen molar-refractivity contribution < 1.29 is 38.5 Å². The van der Waals surface area contributed by atoms with Crippen LogP contribution in [0.25, 0.3) is 0 Å². The van der Waals surface area contributed by atoms with Gasteiger partial charge in [0.15, 0.2) is 23.6 Å². The van der Waals surface area contributed by atoms with Gasteiger partial charge in [0.05, 0.1) is 19.1 Å². The third kappa shape index (κ3) is 6.42. The Morgan fingerprint density at radius 1 is 1.22 bits per heavy atom. The number of amides is 2. The van der Waals surface area contributed by atoms with Gasteiger partial charge in [-0.15, -0.1) is 0 Å². The second-order valence-electron chi connectivity index (χ2n) is 14.2. The topological polar surface area (TPSA) is 199 Å². The minimum Gasteiger partial charge on any atom is -0.493 e. The number of ketones is 1. The molecule has 2 fully saturated rings. The molecular weight excluding hydrogens is 632 g/mol. The Hall–Kier alpha value is -4.33. The number of aliphatic carboxylic acids is 1. The number of piperidine rings is 2. The van der Waals surface area contributed by atoms with Crippen LogP contribution >= 0.6 is 0 Å². The van der Waals surface area contributed by atoms with E-state index in [9.17, 15) is 24.3 Å². The molecule has 0 radical (unpaired) electrons. The molecular formula is C35H48N6O8. The summed E-state index contributed by atoms with van der Waals surface area (Å²) in [5, 5.41) is 12.7. The van der Waals surface area contributed by atoms with Crippen molar-refractivity contribution in [3.05, 3.63) is 35.1 Å². The minimum absolute atomic E-state index is 0.0189. The maximum atomic E-state index is 14.0. The number of likely N-dealkylation sites (tertiary alicyclic amines) is 2. The molecule has 7 atom stereocenters. The molecule has 3 aliphatic heterocycles. The molecule has 2 bridgehead atoms. The Labute approximate surface area is 286 Å². The highest BCUT2D eigenvalue weighted by atomic mass is 16.6. The maximum Gasteiger partial charge on any atom is 0.415 e. The fourth-order valence-corrected chi connectivity index (χ4v) is 9.01. The van der Waals surface area contributed by atoms with Crippen molar-refractivity contribution in [2.24, 2.45) is 34.2 Å². The molecule has 2 amide bonds. The highest BCUT2D eigenvalue weighted by molar-refractivity contribution is 5.85. The van der Waals surface area contributed by atoms with Crippen LogP contribution in [-0.4, -0.2) is 103 Å². The number of nitrogens with zero attached hydrogens (tertiary/aromatic N) is 3. The monoisotopic (exact) mass is 680 g/mol. The van der Waals surface area contributed by atoms with Crippen molar-refractivity contribution in [2.45, 2.75) is 81.9 Å². The van der Waals surface area contributed by atoms with Crippen LogP contribution in [0.15, 0.2) is 29.0 Å². The largest absolute Gasteiger partial charge is 0.493 e. The third-order valence-electron chi connectivity index (χ3n) is 11.4. The van der Waals surface area contributed by atoms with E-state index in [1.807, 2.05) is 12.1 Å². The van der Waals surface area contributed by atoms with E-state index in [2.05, 4.69) is 28.3 Å². The Balaban J connectivity index is 1.19. The van der Waals surface area contributed by atoms with Gasteiger partial charge in [0.1, 0.15) is 11.5 Å². The lowest BCUT2D eigenvalue weighted by Gasteiger charge is -2.56. The lowest BCUT2D eigenvalue weighted by molar-refractivity contribution is -0.144. The Kier molecular flexibility index (Phi) is 9.79. The van der Waals surface area contributed by atoms with Crippen LogP contribution in [0, 0.1) is 17.8 Å². The lowest BCUT2D eigenvalue weighted by Crippen LogP contribution is -2.63. The van der Waals surface area contributed by atoms with Gasteiger partial charge < -0.3 is 50.7 Å². The molecule has 6 N–H and O–H groups in total. The number of guanidine groups is 1. The average molecular weight is 681 g/mol. The Bertz CT molecular complexity index is 1560. The van der Waals surface area contributed by atoms with E-state index < -0.39 is 36.0 Å². The zero-order chi connectivity index (χ0) is 35.0. The van der Waals surface area contributed by atoms with Gasteiger partial charge in [-0.1, -0.05) is 6.07 Å². The van der Waals surface area contributed by atoms with Crippen LogP contribution in [0.2, 0.25) is 0 Å². The number of nitrogens with one attached hydrogen (secondary N) is 1. The Morgan fingerprint density at radius 3 is 2.73 bits per heavy atom. The summed E-state index contributed by atoms with van der Waals surface area (Å²) < 4.78 is 18.7. The molecule has 3 unspecified atom stereocenters. The molecule has 1 spiro atoms. The highest BCUT2D eigenvalue weighted by Gasteiger charge is 2.65. The van der Waals surface area contributed by atoms with Crippen LogP contribution in [0.5, 0.6) is 11.5 Å². The molecule has 266 valence electrons. The van der Waals surface area contributed by atoms with Gasteiger partial charge in [-0.05, 0) is 89.1 Å². The zero-order valence-corrected chi connectivity index (χ0v) is 28.5. The number of ether oxygens (including phenoxy) is 3. The van der Waals surface area contributed by atoms with Gasteiger partial charge in [-0.3, -0.25) is 14.6 Å². The molecule has 3 heterocycles. The number of carboxylic acid groups (broad SMARTS) is 1. The summed E-state index contributed by atoms with van der Waals surface area (Å²) in [5.41, 5.74) is 12.9. The first-order chi connectivity index (χ1) is 23.4. The zero-order valence-electron chi connectivity index (χ0n) is 28.5. The summed E-state index contributed by atoms with van der Waals surface area (Å²) in [6.45, 7) is 2.82. The van der Waals surface area contributed by atoms with E-state index in [1.54, 1.807) is 7.11 Å². The average Bonchev–Trinajstić information content (AvgIpc) is 3.42. The van der Waals surface area contributed by atoms with E-state index in [1.165, 1.54) is 23.0 Å². The predicted octanol–water partition coefficient (Wildman–Crippen LogP) is 1.92. The first-order valence-electron chi connectivity index (χ1n) is 17.3. The number of carboxylic acids is 1. The van der Waals surface area contributed by atoms with Gasteiger partial charge in [-0.25, -0.2) is 4.79 Å². The molecule has 2 aliphatic carbocycles. The molecule has 6 rings (SSSR count). The molecule has 5 aliphatic rings. The number of benzene rings is 1. The normalized spacial score (nSPS) is 28.7. The van der Waals surface area contributed by atoms with Crippen LogP contribution in [0.1, 0.15) is 63.0 Å². The maximum absolute atomic E-state index is 14.0. The number of aliphatic imine (C=N–C) groups is 1. The van der Waals surface area contributed by atoms with Crippen molar-refractivity contribution in [1.29, 1.82) is 0 Å². The van der Waals surface area contributed by atoms with Crippen molar-refractivity contribution in [1.82, 2.24) is 15.1 Å². The van der Waals surface area contributed by atoms with Crippen LogP contribution in [0.3, 0.4) is 0 Å². The van der Waals surface area contributed by atoms with E-state index >= 15 is 0 Å². The molecule has 2 saturated heterocycles. The molecule has 14 heteroatoms. The van der Waals surface area contributed by atoms with E-state index in [0.717, 1.165) is 31.6 Å². The molecule has 0 saturated carbocycles. The van der Waals surface area contributed by atoms with E-state index in [0.29, 0.717) is 36.9 Å². The molecule has 1 aromatic carbocycles. The fourth-order valence-electron chi connectivity index (χ4n) is 9.01. The van der Waals surface area contributed by atoms with Crippen molar-refractivity contribution in [2.75, 3.05) is 40.3 Å². The van der Waals surface area contributed by atoms with Crippen LogP contribution < -0.4 is 26.3 Å². The number of methoxy groups -OCH3 is 1. The number of Topliss-reactive ketones (excluding diaryl/α,β-unsaturated/α-hetero) is 1. The quantitative estimate of drug-likeness (QED) is 0.143. The molecule has 0 aromatic heterocycles. The van der Waals surface area contributed by atoms with E-state index in [4.69, 9.17) is 25.7 Å². The standard InChI is InChI=1S/C35H48N6O8/c1-19(42)15-21(5-4-12-38-33(36)37)31(43)39-18-23-16-22(32(44)45)10-13-41(23)34(46)48-27-9-7-24-25-17-20-6-8-26(47-3)29-28(20)35(24,30(27)49-29)11-14-40(25)2/h6,8-9,21-25,30H,4-5,7,10-18H2,1-3H3,(H,39,43)(H,44,45)(H4,36,37,38)/t21-,22?,23?,24?,25-,30-,35+/m1/s1. The first-order valence-corrected chi connectivity index (χ1v) is 17.3. The molecule has 49 heavy (non-hydrogen) atoms. The number of allylic oxidation sites excluding steroid dienone is 1. The Morgan fingerprint density at radius 2 is 2.02 bits per heavy atom. The van der Waals surface area contributed by atoms with Gasteiger partial charge in [0, 0.05) is 49.0 Å². The minimum atomic E-state index is -0.949. The second kappa shape index (κ2) is 13.9. The van der Waals surface area contributed by atoms with Crippen molar-refractivity contribution in [3.63, 3.8) is 0 Å². The number of hydrogen-bond acceptors (Lipinski definition) is 9. The van der Waals surface area contributed by atoms with Crippen molar-refractivity contribution >= 4 is 29.7 Å². The number of likely N-dealkylation sites (N-methyl/N-ethyl adjacent to an activating group) is 1. The number of carbonyl (C=O) groups is 4. The molecule has 1 aromatic rings. The SMILES string of the molecule is COc1ccc2c3c1O[C@@H]1C(OC(=O)N4CCC(C(=O)O)CC4CNC(=O)[C@H](CCCN=C(N)N)CC(C)=O)=CCC4[C@@H](C2)N(C)CC[C@@]341. The first kappa shape index (κ1) is 34.5. The number of nitrogens with two attached hydrogens (primary N) is 2. The number of hydrogen-bond donors (Lipinski definition) is 4. The summed E-state index contributed by atoms with van der Waals surface area (Å²) >= 11 is 0. The van der Waals surface area contributed by atoms with Crippen molar-refractivity contribution in [3.8, 4) is 11.5 Å². The number of rotatable bonds is 12. The predicted molar refractivity (Wildman–Crippen MR) is 179 cm³/mol. The summed E-state index contributed by atoms with van der Waals surface area (Å²) in [6.07, 6.45) is 4.73. The van der Waals surface area contributed by atoms with Gasteiger partial charge in [0.25, 0.3) is 0 Å². The summed E-state index contributed by atoms with van der Waals surface area (Å²) in [4.78, 5) is 59.2. The third-order valence-corrected chi connectivity index (χ3v) is 11.4. The van der Waals surface area contributed by atoms with E-state index in [-0.39, 0.29) is 61.3 Å². The second-order valence-corrected chi connectivity index (χ2v) is 14.2. The van der Waals surface area contributed by atoms with Gasteiger partial charge >= 0.3 is 12.1 Å². The van der Waals surface area contributed by atoms with Crippen LogP contribution in [-0.2, 0) is 31.0 Å². The highest BCUT2D eigenvalue weighted by Crippen LogP contribution is 2.63.